The van der Waals surface area contributed by atoms with E-state index in [1.165, 1.54) is 6.07 Å². The Hall–Kier alpha value is -2.85. The molecule has 1 aliphatic heterocycles. The third kappa shape index (κ3) is 5.70. The fraction of sp³-hybridized carbons (Fsp3) is 0.385. The van der Waals surface area contributed by atoms with Gasteiger partial charge in [-0.3, -0.25) is 9.80 Å². The highest BCUT2D eigenvalue weighted by molar-refractivity contribution is 7.18. The second-order valence-electron chi connectivity index (χ2n) is 9.07. The van der Waals surface area contributed by atoms with E-state index in [9.17, 15) is 9.50 Å². The molecule has 1 fully saturated rings. The molecule has 0 bridgehead atoms. The Labute approximate surface area is 207 Å². The molecular weight excluding hydrogens is 467 g/mol. The van der Waals surface area contributed by atoms with Gasteiger partial charge in [0.25, 0.3) is 0 Å². The van der Waals surface area contributed by atoms with Gasteiger partial charge in [-0.05, 0) is 38.1 Å². The van der Waals surface area contributed by atoms with E-state index in [1.807, 2.05) is 25.1 Å². The Kier molecular flexibility index (Phi) is 7.10. The summed E-state index contributed by atoms with van der Waals surface area (Å²) in [6.45, 7) is 8.10. The predicted octanol–water partition coefficient (Wildman–Crippen LogP) is 4.34. The Bertz CT molecular complexity index is 1290. The van der Waals surface area contributed by atoms with Gasteiger partial charge in [-0.2, -0.15) is 0 Å². The number of nitrogens with zero attached hydrogens (tertiary/aromatic N) is 4. The van der Waals surface area contributed by atoms with Gasteiger partial charge >= 0.3 is 0 Å². The number of ether oxygens (including phenoxy) is 1. The number of hydrogen-bond acceptors (Lipinski definition) is 8. The molecule has 184 valence electrons. The first kappa shape index (κ1) is 23.9. The molecule has 4 aromatic rings. The van der Waals surface area contributed by atoms with Gasteiger partial charge in [0.2, 0.25) is 0 Å². The van der Waals surface area contributed by atoms with Crippen LogP contribution in [-0.4, -0.2) is 70.0 Å². The Morgan fingerprint density at radius 1 is 1.23 bits per heavy atom. The first-order chi connectivity index (χ1) is 16.9. The number of β-amino-alcohol motifs (C(OH)–C–C–N with tert-alkyl or cyclic N) is 1. The maximum atomic E-state index is 14.0. The predicted molar refractivity (Wildman–Crippen MR) is 134 cm³/mol. The third-order valence-electron chi connectivity index (χ3n) is 6.29. The lowest BCUT2D eigenvalue weighted by Crippen LogP contribution is -2.53. The van der Waals surface area contributed by atoms with Crippen molar-refractivity contribution in [2.45, 2.75) is 32.5 Å². The van der Waals surface area contributed by atoms with E-state index in [0.717, 1.165) is 46.3 Å². The van der Waals surface area contributed by atoms with Crippen molar-refractivity contribution in [2.75, 3.05) is 32.8 Å². The maximum Gasteiger partial charge on any atom is 0.170 e. The molecule has 0 radical (unpaired) electrons. The van der Waals surface area contributed by atoms with Crippen LogP contribution in [0.1, 0.15) is 17.6 Å². The normalized spacial score (nSPS) is 18.2. The van der Waals surface area contributed by atoms with Crippen molar-refractivity contribution >= 4 is 21.6 Å². The second kappa shape index (κ2) is 10.4. The van der Waals surface area contributed by atoms with E-state index in [2.05, 4.69) is 26.9 Å². The summed E-state index contributed by atoms with van der Waals surface area (Å²) in [5.41, 5.74) is 2.13. The molecule has 2 aromatic carbocycles. The molecule has 0 amide bonds. The van der Waals surface area contributed by atoms with E-state index < -0.39 is 6.10 Å². The third-order valence-corrected chi connectivity index (χ3v) is 7.24. The summed E-state index contributed by atoms with van der Waals surface area (Å²) in [4.78, 5) is 9.08. The van der Waals surface area contributed by atoms with Gasteiger partial charge in [-0.25, -0.2) is 9.37 Å². The number of aliphatic hydroxyl groups is 1. The van der Waals surface area contributed by atoms with Crippen LogP contribution in [0, 0.1) is 12.7 Å². The average molecular weight is 497 g/mol. The van der Waals surface area contributed by atoms with E-state index >= 15 is 0 Å². The van der Waals surface area contributed by atoms with Crippen LogP contribution in [0.25, 0.3) is 21.5 Å². The van der Waals surface area contributed by atoms with Gasteiger partial charge in [0.1, 0.15) is 24.3 Å². The standard InChI is InChI=1S/C26H29FN4O3S/c1-17-13-30(14-19-11-25(34-29-19)22-5-3-4-6-23(22)27)9-10-31(17)15-20(32)16-33-21-7-8-26-24(12-21)28-18(2)35-26/h3-8,11-12,17,20,32H,9-10,13-16H2,1-2H3/t17-,20-/m0/s1. The van der Waals surface area contributed by atoms with Crippen LogP contribution in [0.15, 0.2) is 53.1 Å². The van der Waals surface area contributed by atoms with Crippen LogP contribution in [0.2, 0.25) is 0 Å². The van der Waals surface area contributed by atoms with Crippen LogP contribution >= 0.6 is 11.3 Å². The first-order valence-corrected chi connectivity index (χ1v) is 12.6. The quantitative estimate of drug-likeness (QED) is 0.389. The number of halogens is 1. The van der Waals surface area contributed by atoms with Crippen LogP contribution < -0.4 is 4.74 Å². The first-order valence-electron chi connectivity index (χ1n) is 11.8. The van der Waals surface area contributed by atoms with Crippen molar-refractivity contribution in [3.05, 3.63) is 65.0 Å². The Balaban J connectivity index is 1.10. The smallest absolute Gasteiger partial charge is 0.170 e. The zero-order valence-corrected chi connectivity index (χ0v) is 20.7. The summed E-state index contributed by atoms with van der Waals surface area (Å²) < 4.78 is 26.4. The van der Waals surface area contributed by atoms with Gasteiger partial charge < -0.3 is 14.4 Å². The molecule has 35 heavy (non-hydrogen) atoms. The maximum absolute atomic E-state index is 14.0. The minimum Gasteiger partial charge on any atom is -0.491 e. The van der Waals surface area contributed by atoms with Crippen LogP contribution in [-0.2, 0) is 6.54 Å². The highest BCUT2D eigenvalue weighted by Crippen LogP contribution is 2.26. The van der Waals surface area contributed by atoms with Crippen molar-refractivity contribution in [2.24, 2.45) is 0 Å². The number of piperazine rings is 1. The van der Waals surface area contributed by atoms with Gasteiger partial charge in [0, 0.05) is 50.9 Å². The Morgan fingerprint density at radius 3 is 2.91 bits per heavy atom. The summed E-state index contributed by atoms with van der Waals surface area (Å²) in [6, 6.07) is 14.5. The van der Waals surface area contributed by atoms with Gasteiger partial charge in [0.15, 0.2) is 5.76 Å². The number of aliphatic hydroxyl groups excluding tert-OH is 1. The SMILES string of the molecule is Cc1nc2cc(OC[C@@H](O)CN3CCN(Cc4cc(-c5ccccc5F)on4)C[C@@H]3C)ccc2s1. The zero-order chi connectivity index (χ0) is 24.4. The molecule has 0 spiro atoms. The minimum absolute atomic E-state index is 0.235. The van der Waals surface area contributed by atoms with E-state index in [0.29, 0.717) is 24.4 Å². The number of thiazole rings is 1. The van der Waals surface area contributed by atoms with E-state index in [4.69, 9.17) is 9.26 Å². The Morgan fingerprint density at radius 2 is 2.09 bits per heavy atom. The monoisotopic (exact) mass is 496 g/mol. The summed E-state index contributed by atoms with van der Waals surface area (Å²) in [6.07, 6.45) is -0.587. The molecule has 3 heterocycles. The van der Waals surface area contributed by atoms with Crippen molar-refractivity contribution in [1.29, 1.82) is 0 Å². The second-order valence-corrected chi connectivity index (χ2v) is 10.3. The largest absolute Gasteiger partial charge is 0.491 e. The average Bonchev–Trinajstić information content (AvgIpc) is 3.45. The van der Waals surface area contributed by atoms with Crippen molar-refractivity contribution in [3.63, 3.8) is 0 Å². The summed E-state index contributed by atoms with van der Waals surface area (Å²) >= 11 is 1.66. The number of benzene rings is 2. The fourth-order valence-electron chi connectivity index (χ4n) is 4.52. The van der Waals surface area contributed by atoms with Gasteiger partial charge in [-0.15, -0.1) is 11.3 Å². The molecule has 1 aliphatic rings. The van der Waals surface area contributed by atoms with Crippen LogP contribution in [0.4, 0.5) is 4.39 Å². The van der Waals surface area contributed by atoms with Gasteiger partial charge in [0.05, 0.1) is 26.5 Å². The number of fused-ring (bicyclic) bond motifs is 1. The minimum atomic E-state index is -0.587. The molecule has 2 atom stereocenters. The molecule has 7 nitrogen and oxygen atoms in total. The van der Waals surface area contributed by atoms with Crippen LogP contribution in [0.3, 0.4) is 0 Å². The van der Waals surface area contributed by atoms with Crippen molar-refractivity contribution in [3.8, 4) is 17.1 Å². The fourth-order valence-corrected chi connectivity index (χ4v) is 5.32. The van der Waals surface area contributed by atoms with E-state index in [1.54, 1.807) is 35.6 Å². The number of rotatable bonds is 8. The van der Waals surface area contributed by atoms with Crippen molar-refractivity contribution in [1.82, 2.24) is 19.9 Å². The molecule has 0 aliphatic carbocycles. The topological polar surface area (TPSA) is 74.9 Å². The molecule has 0 unspecified atom stereocenters. The number of aryl methyl sites for hydroxylation is 1. The van der Waals surface area contributed by atoms with Gasteiger partial charge in [-0.1, -0.05) is 17.3 Å². The molecule has 2 aromatic heterocycles. The summed E-state index contributed by atoms with van der Waals surface area (Å²) in [5.74, 6) is 0.845. The molecular formula is C26H29FN4O3S. The molecule has 9 heteroatoms. The van der Waals surface area contributed by atoms with Crippen molar-refractivity contribution < 1.29 is 18.8 Å². The molecule has 5 rings (SSSR count). The van der Waals surface area contributed by atoms with E-state index in [-0.39, 0.29) is 18.5 Å². The summed E-state index contributed by atoms with van der Waals surface area (Å²) in [7, 11) is 0. The molecule has 1 N–H and O–H groups in total. The molecule has 1 saturated heterocycles. The highest BCUT2D eigenvalue weighted by atomic mass is 32.1. The lowest BCUT2D eigenvalue weighted by atomic mass is 10.1. The lowest BCUT2D eigenvalue weighted by Gasteiger charge is -2.40. The number of hydrogen-bond donors (Lipinski definition) is 1. The zero-order valence-electron chi connectivity index (χ0n) is 19.9. The van der Waals surface area contributed by atoms with Crippen LogP contribution in [0.5, 0.6) is 5.75 Å². The lowest BCUT2D eigenvalue weighted by molar-refractivity contribution is 0.0192. The highest BCUT2D eigenvalue weighted by Gasteiger charge is 2.26. The molecule has 0 saturated carbocycles. The summed E-state index contributed by atoms with van der Waals surface area (Å²) in [5, 5.41) is 15.7. The number of aromatic nitrogens is 2.